The average Bonchev–Trinajstić information content (AvgIpc) is 2.28. The van der Waals surface area contributed by atoms with E-state index in [4.69, 9.17) is 0 Å². The Balaban J connectivity index is 2.26. The quantitative estimate of drug-likeness (QED) is 0.693. The molecule has 1 saturated heterocycles. The predicted octanol–water partition coefficient (Wildman–Crippen LogP) is 2.59. The van der Waals surface area contributed by atoms with E-state index < -0.39 is 0 Å². The van der Waals surface area contributed by atoms with E-state index >= 15 is 0 Å². The van der Waals surface area contributed by atoms with Crippen LogP contribution >= 0.6 is 11.8 Å². The third kappa shape index (κ3) is 5.55. The molecule has 0 bridgehead atoms. The summed E-state index contributed by atoms with van der Waals surface area (Å²) < 4.78 is 0. The Morgan fingerprint density at radius 1 is 1.38 bits per heavy atom. The predicted molar refractivity (Wildman–Crippen MR) is 75.3 cm³/mol. The van der Waals surface area contributed by atoms with E-state index in [1.165, 1.54) is 50.4 Å². The second-order valence-corrected chi connectivity index (χ2v) is 6.34. The standard InChI is InChI=1S/C13H28N2S/c1-4-16-10-9-15-8-6-5-7-13(15)11-14-12(2)3/h12-14H,4-11H2,1-3H3. The Morgan fingerprint density at radius 3 is 2.88 bits per heavy atom. The summed E-state index contributed by atoms with van der Waals surface area (Å²) in [5.41, 5.74) is 0. The van der Waals surface area contributed by atoms with Crippen molar-refractivity contribution in [1.82, 2.24) is 10.2 Å². The van der Waals surface area contributed by atoms with E-state index in [1.807, 2.05) is 0 Å². The fourth-order valence-electron chi connectivity index (χ4n) is 2.28. The molecule has 1 aliphatic rings. The first-order valence-corrected chi connectivity index (χ1v) is 7.94. The van der Waals surface area contributed by atoms with Crippen LogP contribution in [0.1, 0.15) is 40.0 Å². The SMILES string of the molecule is CCSCCN1CCCCC1CNC(C)C. The first kappa shape index (κ1) is 14.3. The maximum absolute atomic E-state index is 3.59. The van der Waals surface area contributed by atoms with Gasteiger partial charge >= 0.3 is 0 Å². The molecule has 16 heavy (non-hydrogen) atoms. The van der Waals surface area contributed by atoms with Gasteiger partial charge in [-0.1, -0.05) is 27.2 Å². The summed E-state index contributed by atoms with van der Waals surface area (Å²) in [5.74, 6) is 2.55. The van der Waals surface area contributed by atoms with Gasteiger partial charge in [-0.3, -0.25) is 4.90 Å². The lowest BCUT2D eigenvalue weighted by Crippen LogP contribution is -2.47. The van der Waals surface area contributed by atoms with Crippen LogP contribution in [-0.2, 0) is 0 Å². The third-order valence-corrected chi connectivity index (χ3v) is 4.12. The van der Waals surface area contributed by atoms with E-state index in [-0.39, 0.29) is 0 Å². The van der Waals surface area contributed by atoms with E-state index in [0.717, 1.165) is 6.04 Å². The number of rotatable bonds is 7. The van der Waals surface area contributed by atoms with Crippen molar-refractivity contribution in [2.75, 3.05) is 31.1 Å². The maximum Gasteiger partial charge on any atom is 0.0221 e. The normalized spacial score (nSPS) is 22.9. The summed E-state index contributed by atoms with van der Waals surface area (Å²) in [6.45, 7) is 10.5. The molecule has 3 heteroatoms. The van der Waals surface area contributed by atoms with E-state index in [2.05, 4.69) is 42.7 Å². The summed E-state index contributed by atoms with van der Waals surface area (Å²) in [6.07, 6.45) is 4.20. The van der Waals surface area contributed by atoms with Gasteiger partial charge in [-0.05, 0) is 25.1 Å². The fourth-order valence-corrected chi connectivity index (χ4v) is 2.94. The van der Waals surface area contributed by atoms with Crippen molar-refractivity contribution >= 4 is 11.8 Å². The number of piperidine rings is 1. The van der Waals surface area contributed by atoms with Crippen LogP contribution in [0.3, 0.4) is 0 Å². The van der Waals surface area contributed by atoms with Crippen LogP contribution in [0.4, 0.5) is 0 Å². The van der Waals surface area contributed by atoms with Crippen LogP contribution in [0.15, 0.2) is 0 Å². The lowest BCUT2D eigenvalue weighted by atomic mass is 10.0. The van der Waals surface area contributed by atoms with Crippen LogP contribution in [0.2, 0.25) is 0 Å². The Hall–Kier alpha value is 0.270. The molecule has 0 radical (unpaired) electrons. The van der Waals surface area contributed by atoms with Crippen molar-refractivity contribution in [3.05, 3.63) is 0 Å². The van der Waals surface area contributed by atoms with Crippen molar-refractivity contribution in [3.63, 3.8) is 0 Å². The van der Waals surface area contributed by atoms with Gasteiger partial charge in [-0.25, -0.2) is 0 Å². The van der Waals surface area contributed by atoms with Gasteiger partial charge in [0.1, 0.15) is 0 Å². The molecule has 96 valence electrons. The highest BCUT2D eigenvalue weighted by Gasteiger charge is 2.21. The molecule has 1 unspecified atom stereocenters. The summed E-state index contributed by atoms with van der Waals surface area (Å²) in [6, 6.07) is 1.40. The summed E-state index contributed by atoms with van der Waals surface area (Å²) in [4.78, 5) is 2.70. The molecule has 0 aromatic heterocycles. The van der Waals surface area contributed by atoms with Crippen LogP contribution in [0.5, 0.6) is 0 Å². The highest BCUT2D eigenvalue weighted by atomic mass is 32.2. The highest BCUT2D eigenvalue weighted by molar-refractivity contribution is 7.99. The minimum Gasteiger partial charge on any atom is -0.313 e. The molecule has 0 aromatic rings. The molecule has 1 fully saturated rings. The van der Waals surface area contributed by atoms with Gasteiger partial charge in [0.2, 0.25) is 0 Å². The average molecular weight is 244 g/mol. The monoisotopic (exact) mass is 244 g/mol. The number of hydrogen-bond donors (Lipinski definition) is 1. The lowest BCUT2D eigenvalue weighted by molar-refractivity contribution is 0.153. The zero-order valence-corrected chi connectivity index (χ0v) is 12.0. The van der Waals surface area contributed by atoms with E-state index in [9.17, 15) is 0 Å². The molecule has 1 heterocycles. The van der Waals surface area contributed by atoms with Gasteiger partial charge in [0, 0.05) is 30.9 Å². The van der Waals surface area contributed by atoms with Gasteiger partial charge < -0.3 is 5.32 Å². The highest BCUT2D eigenvalue weighted by Crippen LogP contribution is 2.17. The van der Waals surface area contributed by atoms with Gasteiger partial charge in [-0.2, -0.15) is 11.8 Å². The van der Waals surface area contributed by atoms with Gasteiger partial charge in [0.15, 0.2) is 0 Å². The van der Waals surface area contributed by atoms with Crippen LogP contribution in [0, 0.1) is 0 Å². The Kier molecular flexibility index (Phi) is 7.50. The maximum atomic E-state index is 3.59. The summed E-state index contributed by atoms with van der Waals surface area (Å²) >= 11 is 2.07. The minimum absolute atomic E-state index is 0.619. The van der Waals surface area contributed by atoms with Crippen molar-refractivity contribution in [3.8, 4) is 0 Å². The van der Waals surface area contributed by atoms with Crippen LogP contribution in [0.25, 0.3) is 0 Å². The number of nitrogens with zero attached hydrogens (tertiary/aromatic N) is 1. The van der Waals surface area contributed by atoms with Gasteiger partial charge in [0.25, 0.3) is 0 Å². The van der Waals surface area contributed by atoms with Crippen LogP contribution < -0.4 is 5.32 Å². The molecule has 0 spiro atoms. The molecule has 0 saturated carbocycles. The van der Waals surface area contributed by atoms with Gasteiger partial charge in [0.05, 0.1) is 0 Å². The molecule has 0 aliphatic carbocycles. The molecule has 1 rings (SSSR count). The molecule has 0 aromatic carbocycles. The lowest BCUT2D eigenvalue weighted by Gasteiger charge is -2.36. The first-order chi connectivity index (χ1) is 7.74. The van der Waals surface area contributed by atoms with Crippen molar-refractivity contribution in [2.24, 2.45) is 0 Å². The minimum atomic E-state index is 0.619. The van der Waals surface area contributed by atoms with Crippen LogP contribution in [-0.4, -0.2) is 48.1 Å². The molecule has 1 atom stereocenters. The van der Waals surface area contributed by atoms with E-state index in [0.29, 0.717) is 6.04 Å². The number of hydrogen-bond acceptors (Lipinski definition) is 3. The molecule has 1 N–H and O–H groups in total. The van der Waals surface area contributed by atoms with Crippen molar-refractivity contribution < 1.29 is 0 Å². The number of nitrogens with one attached hydrogen (secondary N) is 1. The van der Waals surface area contributed by atoms with Gasteiger partial charge in [-0.15, -0.1) is 0 Å². The first-order valence-electron chi connectivity index (χ1n) is 6.79. The Bertz CT molecular complexity index is 173. The topological polar surface area (TPSA) is 15.3 Å². The fraction of sp³-hybridized carbons (Fsp3) is 1.00. The smallest absolute Gasteiger partial charge is 0.0221 e. The molecule has 1 aliphatic heterocycles. The molecular formula is C13H28N2S. The molecule has 2 nitrogen and oxygen atoms in total. The zero-order valence-electron chi connectivity index (χ0n) is 11.2. The number of likely N-dealkylation sites (tertiary alicyclic amines) is 1. The largest absolute Gasteiger partial charge is 0.313 e. The second kappa shape index (κ2) is 8.37. The molecular weight excluding hydrogens is 216 g/mol. The third-order valence-electron chi connectivity index (χ3n) is 3.24. The Morgan fingerprint density at radius 2 is 2.19 bits per heavy atom. The van der Waals surface area contributed by atoms with Crippen molar-refractivity contribution in [1.29, 1.82) is 0 Å². The van der Waals surface area contributed by atoms with Crippen molar-refractivity contribution in [2.45, 2.75) is 52.1 Å². The van der Waals surface area contributed by atoms with E-state index in [1.54, 1.807) is 0 Å². The second-order valence-electron chi connectivity index (χ2n) is 4.95. The zero-order chi connectivity index (χ0) is 11.8. The number of thioether (sulfide) groups is 1. The summed E-state index contributed by atoms with van der Waals surface area (Å²) in [7, 11) is 0. The Labute approximate surface area is 106 Å². The molecule has 0 amide bonds. The summed E-state index contributed by atoms with van der Waals surface area (Å²) in [5, 5.41) is 3.59.